The zero-order chi connectivity index (χ0) is 13.8. The van der Waals surface area contributed by atoms with Crippen LogP contribution in [0.1, 0.15) is 38.3 Å². The molecule has 116 valence electrons. The Morgan fingerprint density at radius 1 is 1.38 bits per heavy atom. The summed E-state index contributed by atoms with van der Waals surface area (Å²) in [6.07, 6.45) is 7.39. The lowest BCUT2D eigenvalue weighted by Gasteiger charge is -2.38. The van der Waals surface area contributed by atoms with Crippen LogP contribution in [0.2, 0.25) is 0 Å². The molecular weight excluding hydrogens is 375 g/mol. The van der Waals surface area contributed by atoms with Crippen LogP contribution in [0.25, 0.3) is 0 Å². The van der Waals surface area contributed by atoms with E-state index in [0.717, 1.165) is 24.7 Å². The van der Waals surface area contributed by atoms with Gasteiger partial charge in [0.15, 0.2) is 5.96 Å². The Balaban J connectivity index is 0.00000161. The number of aliphatic imine (C=N–C) groups is 1. The zero-order valence-electron chi connectivity index (χ0n) is 12.7. The van der Waals surface area contributed by atoms with Crippen molar-refractivity contribution >= 4 is 29.9 Å². The molecule has 1 spiro atoms. The summed E-state index contributed by atoms with van der Waals surface area (Å²) in [5.74, 6) is 1.06. The Bertz CT molecular complexity index is 470. The molecule has 1 aliphatic heterocycles. The summed E-state index contributed by atoms with van der Waals surface area (Å²) in [4.78, 5) is 11.5. The highest BCUT2D eigenvalue weighted by molar-refractivity contribution is 14.0. The van der Waals surface area contributed by atoms with Crippen molar-refractivity contribution in [2.75, 3.05) is 19.6 Å². The molecule has 3 rings (SSSR count). The average molecular weight is 400 g/mol. The molecule has 0 aromatic carbocycles. The van der Waals surface area contributed by atoms with Crippen LogP contribution >= 0.6 is 24.0 Å². The zero-order valence-corrected chi connectivity index (χ0v) is 15.0. The molecule has 1 saturated carbocycles. The molecule has 0 atom stereocenters. The molecule has 2 heterocycles. The first-order valence-electron chi connectivity index (χ1n) is 7.74. The largest absolute Gasteiger partial charge is 0.357 e. The standard InChI is InChI=1S/C16H24N4.HI/c1-2-17-15(19-12-14-6-3-4-10-18-14)20-11-9-16(13-20)7-5-8-16;/h3-4,6,10H,2,5,7-9,11-13H2,1H3,(H,17,19);1H. The predicted molar refractivity (Wildman–Crippen MR) is 96.9 cm³/mol. The number of aromatic nitrogens is 1. The van der Waals surface area contributed by atoms with E-state index in [2.05, 4.69) is 22.1 Å². The summed E-state index contributed by atoms with van der Waals surface area (Å²) in [6.45, 7) is 6.04. The third kappa shape index (κ3) is 3.87. The van der Waals surface area contributed by atoms with Gasteiger partial charge in [-0.25, -0.2) is 4.99 Å². The van der Waals surface area contributed by atoms with Crippen LogP contribution in [0.3, 0.4) is 0 Å². The smallest absolute Gasteiger partial charge is 0.194 e. The van der Waals surface area contributed by atoms with E-state index in [0.29, 0.717) is 12.0 Å². The second-order valence-electron chi connectivity index (χ2n) is 6.02. The molecular formula is C16H25IN4. The van der Waals surface area contributed by atoms with Crippen LogP contribution in [-0.2, 0) is 6.54 Å². The van der Waals surface area contributed by atoms with Gasteiger partial charge in [0.25, 0.3) is 0 Å². The molecule has 21 heavy (non-hydrogen) atoms. The van der Waals surface area contributed by atoms with Crippen LogP contribution in [0, 0.1) is 5.41 Å². The second-order valence-corrected chi connectivity index (χ2v) is 6.02. The van der Waals surface area contributed by atoms with Crippen molar-refractivity contribution in [3.05, 3.63) is 30.1 Å². The lowest BCUT2D eigenvalue weighted by molar-refractivity contribution is 0.151. The fraction of sp³-hybridized carbons (Fsp3) is 0.625. The Hall–Kier alpha value is -0.850. The molecule has 1 aromatic heterocycles. The third-order valence-electron chi connectivity index (χ3n) is 4.60. The van der Waals surface area contributed by atoms with Gasteiger partial charge in [-0.3, -0.25) is 4.98 Å². The van der Waals surface area contributed by atoms with Gasteiger partial charge < -0.3 is 10.2 Å². The van der Waals surface area contributed by atoms with E-state index < -0.39 is 0 Å². The summed E-state index contributed by atoms with van der Waals surface area (Å²) < 4.78 is 0. The highest BCUT2D eigenvalue weighted by atomic mass is 127. The Morgan fingerprint density at radius 2 is 2.24 bits per heavy atom. The van der Waals surface area contributed by atoms with Crippen molar-refractivity contribution < 1.29 is 0 Å². The fourth-order valence-corrected chi connectivity index (χ4v) is 3.27. The molecule has 0 amide bonds. The first-order valence-corrected chi connectivity index (χ1v) is 7.74. The molecule has 2 fully saturated rings. The summed E-state index contributed by atoms with van der Waals surface area (Å²) in [7, 11) is 0. The first-order chi connectivity index (χ1) is 9.81. The third-order valence-corrected chi connectivity index (χ3v) is 4.60. The number of pyridine rings is 1. The van der Waals surface area contributed by atoms with Gasteiger partial charge >= 0.3 is 0 Å². The lowest BCUT2D eigenvalue weighted by atomic mass is 9.68. The van der Waals surface area contributed by atoms with Crippen LogP contribution in [0.4, 0.5) is 0 Å². The van der Waals surface area contributed by atoms with Gasteiger partial charge in [0, 0.05) is 25.8 Å². The van der Waals surface area contributed by atoms with Crippen LogP contribution in [-0.4, -0.2) is 35.5 Å². The number of guanidine groups is 1. The lowest BCUT2D eigenvalue weighted by Crippen LogP contribution is -2.42. The maximum atomic E-state index is 4.76. The molecule has 5 heteroatoms. The first kappa shape index (κ1) is 16.5. The molecule has 2 aliphatic rings. The monoisotopic (exact) mass is 400 g/mol. The minimum absolute atomic E-state index is 0. The van der Waals surface area contributed by atoms with E-state index in [-0.39, 0.29) is 24.0 Å². The number of nitrogens with zero attached hydrogens (tertiary/aromatic N) is 3. The minimum Gasteiger partial charge on any atom is -0.357 e. The number of hydrogen-bond acceptors (Lipinski definition) is 2. The molecule has 4 nitrogen and oxygen atoms in total. The molecule has 1 aromatic rings. The van der Waals surface area contributed by atoms with Crippen molar-refractivity contribution in [1.82, 2.24) is 15.2 Å². The van der Waals surface area contributed by atoms with Crippen LogP contribution in [0.5, 0.6) is 0 Å². The van der Waals surface area contributed by atoms with Gasteiger partial charge in [0.05, 0.1) is 12.2 Å². The van der Waals surface area contributed by atoms with Crippen molar-refractivity contribution in [3.63, 3.8) is 0 Å². The average Bonchev–Trinajstić information content (AvgIpc) is 2.90. The van der Waals surface area contributed by atoms with E-state index >= 15 is 0 Å². The highest BCUT2D eigenvalue weighted by Gasteiger charge is 2.43. The number of rotatable bonds is 3. The van der Waals surface area contributed by atoms with E-state index in [9.17, 15) is 0 Å². The van der Waals surface area contributed by atoms with E-state index in [4.69, 9.17) is 4.99 Å². The van der Waals surface area contributed by atoms with E-state index in [1.807, 2.05) is 24.4 Å². The SMILES string of the molecule is CCNC(=NCc1ccccn1)N1CCC2(CCC2)C1.I. The predicted octanol–water partition coefficient (Wildman–Crippen LogP) is 3.04. The van der Waals surface area contributed by atoms with Crippen molar-refractivity contribution in [3.8, 4) is 0 Å². The maximum absolute atomic E-state index is 4.76. The number of likely N-dealkylation sites (tertiary alicyclic amines) is 1. The molecule has 1 aliphatic carbocycles. The van der Waals surface area contributed by atoms with E-state index in [1.165, 1.54) is 32.2 Å². The van der Waals surface area contributed by atoms with E-state index in [1.54, 1.807) is 0 Å². The summed E-state index contributed by atoms with van der Waals surface area (Å²) >= 11 is 0. The fourth-order valence-electron chi connectivity index (χ4n) is 3.27. The van der Waals surface area contributed by atoms with Crippen molar-refractivity contribution in [2.45, 2.75) is 39.2 Å². The number of halogens is 1. The minimum atomic E-state index is 0. The van der Waals surface area contributed by atoms with Crippen molar-refractivity contribution in [1.29, 1.82) is 0 Å². The maximum Gasteiger partial charge on any atom is 0.194 e. The van der Waals surface area contributed by atoms with Crippen LogP contribution in [0.15, 0.2) is 29.4 Å². The van der Waals surface area contributed by atoms with Gasteiger partial charge in [0.1, 0.15) is 0 Å². The molecule has 0 unspecified atom stereocenters. The molecule has 0 radical (unpaired) electrons. The van der Waals surface area contributed by atoms with Crippen LogP contribution < -0.4 is 5.32 Å². The van der Waals surface area contributed by atoms with Gasteiger partial charge in [-0.2, -0.15) is 0 Å². The van der Waals surface area contributed by atoms with Gasteiger partial charge in [0.2, 0.25) is 0 Å². The molecule has 1 saturated heterocycles. The Labute approximate surface area is 144 Å². The van der Waals surface area contributed by atoms with Gasteiger partial charge in [-0.15, -0.1) is 24.0 Å². The highest BCUT2D eigenvalue weighted by Crippen LogP contribution is 2.47. The summed E-state index contributed by atoms with van der Waals surface area (Å²) in [6, 6.07) is 5.99. The second kappa shape index (κ2) is 7.42. The molecule has 0 bridgehead atoms. The Morgan fingerprint density at radius 3 is 2.81 bits per heavy atom. The topological polar surface area (TPSA) is 40.5 Å². The number of hydrogen-bond donors (Lipinski definition) is 1. The van der Waals surface area contributed by atoms with Crippen molar-refractivity contribution in [2.24, 2.45) is 10.4 Å². The van der Waals surface area contributed by atoms with Gasteiger partial charge in [-0.05, 0) is 43.7 Å². The molecule has 1 N–H and O–H groups in total. The quantitative estimate of drug-likeness (QED) is 0.482. The van der Waals surface area contributed by atoms with Gasteiger partial charge in [-0.1, -0.05) is 12.5 Å². The summed E-state index contributed by atoms with van der Waals surface area (Å²) in [5.41, 5.74) is 1.64. The number of nitrogens with one attached hydrogen (secondary N) is 1. The normalized spacial score (nSPS) is 20.0. The summed E-state index contributed by atoms with van der Waals surface area (Å²) in [5, 5.41) is 3.43. The Kier molecular flexibility index (Phi) is 5.84.